The summed E-state index contributed by atoms with van der Waals surface area (Å²) in [6, 6.07) is 15.2. The van der Waals surface area contributed by atoms with Crippen LogP contribution in [0, 0.1) is 0 Å². The molecule has 122 valence electrons. The summed E-state index contributed by atoms with van der Waals surface area (Å²) in [7, 11) is 1.63. The van der Waals surface area contributed by atoms with Gasteiger partial charge in [-0.25, -0.2) is 0 Å². The van der Waals surface area contributed by atoms with E-state index in [1.54, 1.807) is 7.11 Å². The number of ether oxygens (including phenoxy) is 1. The van der Waals surface area contributed by atoms with Crippen molar-refractivity contribution in [1.82, 2.24) is 0 Å². The summed E-state index contributed by atoms with van der Waals surface area (Å²) in [4.78, 5) is 13.3. The third kappa shape index (κ3) is 5.30. The lowest BCUT2D eigenvalue weighted by Crippen LogP contribution is -2.22. The predicted octanol–water partition coefficient (Wildman–Crippen LogP) is 3.35. The number of benzene rings is 2. The third-order valence-electron chi connectivity index (χ3n) is 3.36. The summed E-state index contributed by atoms with van der Waals surface area (Å²) < 4.78 is 5.12. The first-order valence-electron chi connectivity index (χ1n) is 7.43. The van der Waals surface area contributed by atoms with Crippen LogP contribution < -0.4 is 10.1 Å². The number of aliphatic hydroxyl groups is 1. The molecule has 2 aromatic rings. The van der Waals surface area contributed by atoms with Gasteiger partial charge in [-0.15, -0.1) is 11.8 Å². The molecule has 0 bridgehead atoms. The lowest BCUT2D eigenvalue weighted by Gasteiger charge is -2.12. The van der Waals surface area contributed by atoms with Gasteiger partial charge in [-0.2, -0.15) is 0 Å². The van der Waals surface area contributed by atoms with Gasteiger partial charge in [0.05, 0.1) is 12.4 Å². The van der Waals surface area contributed by atoms with E-state index in [0.29, 0.717) is 6.42 Å². The zero-order valence-electron chi connectivity index (χ0n) is 13.3. The second kappa shape index (κ2) is 8.60. The zero-order chi connectivity index (χ0) is 16.7. The van der Waals surface area contributed by atoms with Crippen LogP contribution in [0.1, 0.15) is 12.5 Å². The molecule has 0 unspecified atom stereocenters. The van der Waals surface area contributed by atoms with Gasteiger partial charge in [-0.05, 0) is 55.3 Å². The monoisotopic (exact) mass is 331 g/mol. The number of amides is 1. The highest BCUT2D eigenvalue weighted by Gasteiger charge is 2.14. The number of aliphatic hydroxyl groups excluding tert-OH is 1. The van der Waals surface area contributed by atoms with Crippen molar-refractivity contribution in [2.24, 2.45) is 0 Å². The molecular formula is C18H21NO3S. The van der Waals surface area contributed by atoms with Crippen LogP contribution in [-0.2, 0) is 11.2 Å². The number of carbonyl (C=O) groups is 1. The van der Waals surface area contributed by atoms with E-state index < -0.39 is 0 Å². The molecular weight excluding hydrogens is 310 g/mol. The molecule has 0 aliphatic heterocycles. The number of anilines is 1. The van der Waals surface area contributed by atoms with Gasteiger partial charge in [0.1, 0.15) is 5.75 Å². The molecule has 0 spiro atoms. The Labute approximate surface area is 140 Å². The number of nitrogens with one attached hydrogen (secondary N) is 1. The van der Waals surface area contributed by atoms with Crippen LogP contribution in [0.2, 0.25) is 0 Å². The number of carbonyl (C=O) groups excluding carboxylic acids is 1. The maximum atomic E-state index is 12.3. The lowest BCUT2D eigenvalue weighted by atomic mass is 10.1. The van der Waals surface area contributed by atoms with E-state index >= 15 is 0 Å². The first-order valence-corrected chi connectivity index (χ1v) is 8.31. The number of hydrogen-bond donors (Lipinski definition) is 2. The summed E-state index contributed by atoms with van der Waals surface area (Å²) in [5.41, 5.74) is 1.81. The van der Waals surface area contributed by atoms with Gasteiger partial charge >= 0.3 is 0 Å². The largest absolute Gasteiger partial charge is 0.497 e. The van der Waals surface area contributed by atoms with Gasteiger partial charge < -0.3 is 15.2 Å². The van der Waals surface area contributed by atoms with Crippen molar-refractivity contribution in [2.45, 2.75) is 23.5 Å². The molecule has 0 aliphatic rings. The molecule has 1 atom stereocenters. The van der Waals surface area contributed by atoms with Crippen molar-refractivity contribution in [3.63, 3.8) is 0 Å². The Balaban J connectivity index is 1.90. The second-order valence-corrected chi connectivity index (χ2v) is 6.51. The average molecular weight is 331 g/mol. The lowest BCUT2D eigenvalue weighted by molar-refractivity contribution is -0.115. The molecule has 0 saturated heterocycles. The quantitative estimate of drug-likeness (QED) is 0.764. The van der Waals surface area contributed by atoms with Gasteiger partial charge in [-0.3, -0.25) is 4.79 Å². The van der Waals surface area contributed by atoms with E-state index in [-0.39, 0.29) is 17.8 Å². The van der Waals surface area contributed by atoms with Crippen LogP contribution >= 0.6 is 11.8 Å². The van der Waals surface area contributed by atoms with Crippen LogP contribution in [-0.4, -0.2) is 30.0 Å². The van der Waals surface area contributed by atoms with Crippen LogP contribution in [0.25, 0.3) is 0 Å². The van der Waals surface area contributed by atoms with Crippen molar-refractivity contribution >= 4 is 23.4 Å². The fourth-order valence-electron chi connectivity index (χ4n) is 2.04. The molecule has 23 heavy (non-hydrogen) atoms. The normalized spacial score (nSPS) is 11.8. The molecule has 2 aromatic carbocycles. The first kappa shape index (κ1) is 17.4. The fourth-order valence-corrected chi connectivity index (χ4v) is 2.91. The first-order chi connectivity index (χ1) is 11.1. The molecule has 2 rings (SSSR count). The fraction of sp³-hybridized carbons (Fsp3) is 0.278. The standard InChI is InChI=1S/C18H21NO3S/c1-13(23-17-9-7-16(22-2)8-10-17)18(21)19-15-5-3-14(4-6-15)11-12-20/h3-10,13,20H,11-12H2,1-2H3,(H,19,21)/t13-/m0/s1. The highest BCUT2D eigenvalue weighted by Crippen LogP contribution is 2.26. The van der Waals surface area contributed by atoms with E-state index in [1.807, 2.05) is 55.5 Å². The van der Waals surface area contributed by atoms with Gasteiger partial charge in [0.25, 0.3) is 0 Å². The predicted molar refractivity (Wildman–Crippen MR) is 94.2 cm³/mol. The molecule has 0 saturated carbocycles. The smallest absolute Gasteiger partial charge is 0.237 e. The maximum Gasteiger partial charge on any atom is 0.237 e. The SMILES string of the molecule is COc1ccc(S[C@@H](C)C(=O)Nc2ccc(CCO)cc2)cc1. The second-order valence-electron chi connectivity index (χ2n) is 5.10. The van der Waals surface area contributed by atoms with E-state index in [0.717, 1.165) is 21.9 Å². The molecule has 0 aromatic heterocycles. The molecule has 0 heterocycles. The van der Waals surface area contributed by atoms with Crippen molar-refractivity contribution < 1.29 is 14.6 Å². The van der Waals surface area contributed by atoms with E-state index in [1.165, 1.54) is 11.8 Å². The van der Waals surface area contributed by atoms with E-state index in [9.17, 15) is 4.79 Å². The summed E-state index contributed by atoms with van der Waals surface area (Å²) in [6.45, 7) is 2.01. The van der Waals surface area contributed by atoms with Crippen LogP contribution in [0.3, 0.4) is 0 Å². The highest BCUT2D eigenvalue weighted by molar-refractivity contribution is 8.00. The van der Waals surface area contributed by atoms with E-state index in [4.69, 9.17) is 9.84 Å². The van der Waals surface area contributed by atoms with Crippen LogP contribution in [0.4, 0.5) is 5.69 Å². The molecule has 0 aliphatic carbocycles. The topological polar surface area (TPSA) is 58.6 Å². The molecule has 0 radical (unpaired) electrons. The summed E-state index contributed by atoms with van der Waals surface area (Å²) in [6.07, 6.45) is 0.623. The van der Waals surface area contributed by atoms with Gasteiger partial charge in [0.15, 0.2) is 0 Å². The van der Waals surface area contributed by atoms with Crippen LogP contribution in [0.15, 0.2) is 53.4 Å². The summed E-state index contributed by atoms with van der Waals surface area (Å²) >= 11 is 1.50. The van der Waals surface area contributed by atoms with Crippen molar-refractivity contribution in [2.75, 3.05) is 19.0 Å². The Morgan fingerprint density at radius 2 is 1.83 bits per heavy atom. The van der Waals surface area contributed by atoms with Gasteiger partial charge in [0.2, 0.25) is 5.91 Å². The number of hydrogen-bond acceptors (Lipinski definition) is 4. The molecule has 2 N–H and O–H groups in total. The summed E-state index contributed by atoms with van der Waals surface area (Å²) in [5.74, 6) is 0.759. The van der Waals surface area contributed by atoms with Crippen molar-refractivity contribution in [1.29, 1.82) is 0 Å². The zero-order valence-corrected chi connectivity index (χ0v) is 14.1. The molecule has 5 heteroatoms. The minimum Gasteiger partial charge on any atom is -0.497 e. The van der Waals surface area contributed by atoms with Crippen LogP contribution in [0.5, 0.6) is 5.75 Å². The maximum absolute atomic E-state index is 12.3. The van der Waals surface area contributed by atoms with E-state index in [2.05, 4.69) is 5.32 Å². The third-order valence-corrected chi connectivity index (χ3v) is 4.48. The Kier molecular flexibility index (Phi) is 6.50. The minimum absolute atomic E-state index is 0.0410. The molecule has 0 fully saturated rings. The summed E-state index contributed by atoms with van der Waals surface area (Å²) in [5, 5.41) is 11.6. The molecule has 1 amide bonds. The Morgan fingerprint density at radius 1 is 1.17 bits per heavy atom. The Hall–Kier alpha value is -1.98. The van der Waals surface area contributed by atoms with Crippen molar-refractivity contribution in [3.8, 4) is 5.75 Å². The average Bonchev–Trinajstić information content (AvgIpc) is 2.57. The Bertz CT molecular complexity index is 626. The van der Waals surface area contributed by atoms with Gasteiger partial charge in [-0.1, -0.05) is 12.1 Å². The molecule has 4 nitrogen and oxygen atoms in total. The number of thioether (sulfide) groups is 1. The number of rotatable bonds is 7. The highest BCUT2D eigenvalue weighted by atomic mass is 32.2. The van der Waals surface area contributed by atoms with Crippen molar-refractivity contribution in [3.05, 3.63) is 54.1 Å². The van der Waals surface area contributed by atoms with Gasteiger partial charge in [0, 0.05) is 17.2 Å². The Morgan fingerprint density at radius 3 is 2.39 bits per heavy atom. The number of methoxy groups -OCH3 is 1. The minimum atomic E-state index is -0.208.